The highest BCUT2D eigenvalue weighted by molar-refractivity contribution is 7.89. The van der Waals surface area contributed by atoms with E-state index in [0.29, 0.717) is 13.0 Å². The molecule has 1 saturated heterocycles. The number of hydrogen-bond donors (Lipinski definition) is 2. The van der Waals surface area contributed by atoms with Gasteiger partial charge in [-0.1, -0.05) is 18.2 Å². The summed E-state index contributed by atoms with van der Waals surface area (Å²) >= 11 is 0. The first-order chi connectivity index (χ1) is 15.7. The standard InChI is InChI=1S/C23H34N4O5S/c1-18-15-26(2)21(28)19-8-6-9-20(14-19)33(30,31)27(3)12-4-5-13-32-17-23(22(29)25-18)10-7-11-24-16-23/h4-6,8-9,14,18,24H,7,10-13,15-17H2,1-3H3,(H,25,29)/b5-4+. The molecule has 2 aliphatic rings. The third kappa shape index (κ3) is 6.00. The molecule has 2 N–H and O–H groups in total. The largest absolute Gasteiger partial charge is 0.376 e. The Labute approximate surface area is 196 Å². The Balaban J connectivity index is 1.88. The minimum atomic E-state index is -3.75. The molecule has 3 rings (SSSR count). The molecule has 0 aromatic heterocycles. The molecule has 0 saturated carbocycles. The Morgan fingerprint density at radius 1 is 1.18 bits per heavy atom. The number of amides is 2. The van der Waals surface area contributed by atoms with Gasteiger partial charge in [0.05, 0.1) is 23.5 Å². The van der Waals surface area contributed by atoms with E-state index >= 15 is 0 Å². The minimum Gasteiger partial charge on any atom is -0.376 e. The maximum absolute atomic E-state index is 13.2. The number of carbonyl (C=O) groups is 2. The summed E-state index contributed by atoms with van der Waals surface area (Å²) in [5.74, 6) is -0.393. The van der Waals surface area contributed by atoms with Gasteiger partial charge in [-0.05, 0) is 44.5 Å². The molecule has 1 fully saturated rings. The SMILES string of the molecule is CC1CN(C)C(=O)c2cccc(c2)S(=O)(=O)N(C)C/C=C/COCC2(CCCNC2)C(=O)N1. The van der Waals surface area contributed by atoms with E-state index in [9.17, 15) is 18.0 Å². The fraction of sp³-hybridized carbons (Fsp3) is 0.565. The first-order valence-corrected chi connectivity index (χ1v) is 12.7. The molecule has 2 bridgehead atoms. The van der Waals surface area contributed by atoms with Gasteiger partial charge in [0.2, 0.25) is 15.9 Å². The Hall–Kier alpha value is -2.27. The number of ether oxygens (including phenoxy) is 1. The topological polar surface area (TPSA) is 108 Å². The van der Waals surface area contributed by atoms with Crippen molar-refractivity contribution in [1.82, 2.24) is 19.8 Å². The van der Waals surface area contributed by atoms with Crippen molar-refractivity contribution >= 4 is 21.8 Å². The summed E-state index contributed by atoms with van der Waals surface area (Å²) in [4.78, 5) is 27.7. The summed E-state index contributed by atoms with van der Waals surface area (Å²) in [6.07, 6.45) is 5.06. The second kappa shape index (κ2) is 10.8. The summed E-state index contributed by atoms with van der Waals surface area (Å²) in [7, 11) is -0.619. The fourth-order valence-electron chi connectivity index (χ4n) is 4.17. The molecule has 0 aliphatic carbocycles. The number of sulfonamides is 1. The number of hydrogen-bond acceptors (Lipinski definition) is 6. The van der Waals surface area contributed by atoms with E-state index in [4.69, 9.17) is 4.74 Å². The highest BCUT2D eigenvalue weighted by atomic mass is 32.2. The average Bonchev–Trinajstić information content (AvgIpc) is 2.80. The zero-order valence-electron chi connectivity index (χ0n) is 19.5. The van der Waals surface area contributed by atoms with E-state index in [0.717, 1.165) is 13.0 Å². The van der Waals surface area contributed by atoms with Crippen molar-refractivity contribution in [3.63, 3.8) is 0 Å². The molecule has 1 spiro atoms. The molecular weight excluding hydrogens is 444 g/mol. The maximum Gasteiger partial charge on any atom is 0.253 e. The third-order valence-corrected chi connectivity index (χ3v) is 7.96. The molecule has 2 aliphatic heterocycles. The molecule has 1 aromatic carbocycles. The molecule has 10 heteroatoms. The molecular formula is C23H34N4O5S. The zero-order chi connectivity index (χ0) is 24.1. The number of fused-ring (bicyclic) bond motifs is 2. The predicted molar refractivity (Wildman–Crippen MR) is 125 cm³/mol. The Morgan fingerprint density at radius 2 is 1.97 bits per heavy atom. The lowest BCUT2D eigenvalue weighted by Gasteiger charge is -2.37. The number of rotatable bonds is 0. The van der Waals surface area contributed by atoms with Gasteiger partial charge in [0.25, 0.3) is 5.91 Å². The van der Waals surface area contributed by atoms with Gasteiger partial charge < -0.3 is 20.3 Å². The lowest BCUT2D eigenvalue weighted by atomic mass is 9.80. The van der Waals surface area contributed by atoms with Gasteiger partial charge >= 0.3 is 0 Å². The van der Waals surface area contributed by atoms with Crippen molar-refractivity contribution in [2.75, 3.05) is 53.5 Å². The molecule has 33 heavy (non-hydrogen) atoms. The quantitative estimate of drug-likeness (QED) is 0.535. The van der Waals surface area contributed by atoms with E-state index in [1.165, 1.54) is 28.4 Å². The number of likely N-dealkylation sites (N-methyl/N-ethyl adjacent to an activating group) is 2. The van der Waals surface area contributed by atoms with Crippen molar-refractivity contribution < 1.29 is 22.7 Å². The van der Waals surface area contributed by atoms with Gasteiger partial charge in [0.1, 0.15) is 0 Å². The minimum absolute atomic E-state index is 0.0584. The van der Waals surface area contributed by atoms with E-state index in [-0.39, 0.29) is 54.6 Å². The molecule has 9 nitrogen and oxygen atoms in total. The predicted octanol–water partition coefficient (Wildman–Crippen LogP) is 0.840. The third-order valence-electron chi connectivity index (χ3n) is 6.14. The van der Waals surface area contributed by atoms with Crippen molar-refractivity contribution in [2.45, 2.75) is 30.7 Å². The van der Waals surface area contributed by atoms with Crippen LogP contribution in [-0.4, -0.2) is 89.0 Å². The van der Waals surface area contributed by atoms with Gasteiger partial charge in [-0.25, -0.2) is 8.42 Å². The normalized spacial score (nSPS) is 29.2. The van der Waals surface area contributed by atoms with Crippen LogP contribution in [0.4, 0.5) is 0 Å². The Bertz CT molecular complexity index is 988. The van der Waals surface area contributed by atoms with Crippen molar-refractivity contribution in [3.8, 4) is 0 Å². The molecule has 0 radical (unpaired) electrons. The van der Waals surface area contributed by atoms with E-state index in [1.807, 2.05) is 6.92 Å². The molecule has 2 heterocycles. The van der Waals surface area contributed by atoms with Crippen LogP contribution in [0.1, 0.15) is 30.1 Å². The van der Waals surface area contributed by atoms with Crippen LogP contribution < -0.4 is 10.6 Å². The Kier molecular flexibility index (Phi) is 8.28. The van der Waals surface area contributed by atoms with Crippen LogP contribution in [0.2, 0.25) is 0 Å². The number of benzene rings is 1. The number of piperidine rings is 1. The van der Waals surface area contributed by atoms with Gasteiger partial charge in [0.15, 0.2) is 0 Å². The Morgan fingerprint density at radius 3 is 2.70 bits per heavy atom. The van der Waals surface area contributed by atoms with Gasteiger partial charge in [0, 0.05) is 45.3 Å². The van der Waals surface area contributed by atoms with Gasteiger partial charge in [-0.15, -0.1) is 0 Å². The van der Waals surface area contributed by atoms with Gasteiger partial charge in [-0.2, -0.15) is 4.31 Å². The zero-order valence-corrected chi connectivity index (χ0v) is 20.4. The van der Waals surface area contributed by atoms with Crippen LogP contribution in [0.25, 0.3) is 0 Å². The van der Waals surface area contributed by atoms with Crippen LogP contribution >= 0.6 is 0 Å². The van der Waals surface area contributed by atoms with E-state index < -0.39 is 15.4 Å². The second-order valence-corrected chi connectivity index (χ2v) is 11.0. The summed E-state index contributed by atoms with van der Waals surface area (Å²) in [5, 5.41) is 6.34. The lowest BCUT2D eigenvalue weighted by Crippen LogP contribution is -2.56. The number of nitrogens with zero attached hydrogens (tertiary/aromatic N) is 2. The van der Waals surface area contributed by atoms with E-state index in [2.05, 4.69) is 10.6 Å². The highest BCUT2D eigenvalue weighted by Gasteiger charge is 2.40. The molecule has 2 unspecified atom stereocenters. The molecule has 182 valence electrons. The van der Waals surface area contributed by atoms with Gasteiger partial charge in [-0.3, -0.25) is 9.59 Å². The summed E-state index contributed by atoms with van der Waals surface area (Å²) in [6.45, 7) is 4.23. The van der Waals surface area contributed by atoms with Crippen LogP contribution in [0.5, 0.6) is 0 Å². The highest BCUT2D eigenvalue weighted by Crippen LogP contribution is 2.27. The average molecular weight is 479 g/mol. The lowest BCUT2D eigenvalue weighted by molar-refractivity contribution is -0.136. The van der Waals surface area contributed by atoms with E-state index in [1.54, 1.807) is 31.3 Å². The summed E-state index contributed by atoms with van der Waals surface area (Å²) in [5.41, 5.74) is -0.397. The summed E-state index contributed by atoms with van der Waals surface area (Å²) in [6, 6.07) is 5.75. The molecule has 2 amide bonds. The van der Waals surface area contributed by atoms with Crippen LogP contribution in [0, 0.1) is 5.41 Å². The number of nitrogens with one attached hydrogen (secondary N) is 2. The number of carbonyl (C=O) groups excluding carboxylic acids is 2. The second-order valence-electron chi connectivity index (χ2n) is 8.92. The fourth-order valence-corrected chi connectivity index (χ4v) is 5.34. The van der Waals surface area contributed by atoms with Crippen molar-refractivity contribution in [2.24, 2.45) is 5.41 Å². The first kappa shape index (κ1) is 25.4. The monoisotopic (exact) mass is 478 g/mol. The van der Waals surface area contributed by atoms with Crippen LogP contribution in [0.3, 0.4) is 0 Å². The summed E-state index contributed by atoms with van der Waals surface area (Å²) < 4.78 is 32.9. The van der Waals surface area contributed by atoms with Crippen molar-refractivity contribution in [1.29, 1.82) is 0 Å². The van der Waals surface area contributed by atoms with Crippen molar-refractivity contribution in [3.05, 3.63) is 42.0 Å². The smallest absolute Gasteiger partial charge is 0.253 e. The van der Waals surface area contributed by atoms with Crippen LogP contribution in [-0.2, 0) is 19.6 Å². The molecule has 2 atom stereocenters. The molecule has 1 aromatic rings. The maximum atomic E-state index is 13.2. The van der Waals surface area contributed by atoms with Crippen LogP contribution in [0.15, 0.2) is 41.3 Å². The first-order valence-electron chi connectivity index (χ1n) is 11.2.